The third-order valence-corrected chi connectivity index (χ3v) is 1.82. The highest BCUT2D eigenvalue weighted by atomic mass is 19.1. The van der Waals surface area contributed by atoms with Gasteiger partial charge in [-0.2, -0.15) is 5.10 Å². The number of benzene rings is 1. The van der Waals surface area contributed by atoms with E-state index >= 15 is 0 Å². The maximum atomic E-state index is 12.6. The Morgan fingerprint density at radius 3 is 2.85 bits per heavy atom. The quantitative estimate of drug-likeness (QED) is 0.652. The summed E-state index contributed by atoms with van der Waals surface area (Å²) in [6.45, 7) is 1.99. The number of nitrogens with zero attached hydrogens (tertiary/aromatic N) is 2. The van der Waals surface area contributed by atoms with Gasteiger partial charge in [-0.1, -0.05) is 12.1 Å². The SMILES string of the molecule is Cc1cccc(-n2cc(F)cn2)c1. The molecule has 0 saturated heterocycles. The summed E-state index contributed by atoms with van der Waals surface area (Å²) in [7, 11) is 0. The van der Waals surface area contributed by atoms with Crippen molar-refractivity contribution in [2.24, 2.45) is 0 Å². The molecule has 1 heterocycles. The van der Waals surface area contributed by atoms with Crippen LogP contribution in [0.25, 0.3) is 5.69 Å². The molecule has 1 aromatic carbocycles. The molecular weight excluding hydrogens is 167 g/mol. The molecule has 0 spiro atoms. The Bertz CT molecular complexity index is 420. The predicted molar refractivity (Wildman–Crippen MR) is 48.3 cm³/mol. The van der Waals surface area contributed by atoms with Gasteiger partial charge in [0.15, 0.2) is 5.82 Å². The highest BCUT2D eigenvalue weighted by Crippen LogP contribution is 2.09. The summed E-state index contributed by atoms with van der Waals surface area (Å²) >= 11 is 0. The maximum Gasteiger partial charge on any atom is 0.161 e. The largest absolute Gasteiger partial charge is 0.238 e. The summed E-state index contributed by atoms with van der Waals surface area (Å²) in [5.41, 5.74) is 2.01. The molecule has 2 aromatic rings. The van der Waals surface area contributed by atoms with E-state index in [1.807, 2.05) is 31.2 Å². The van der Waals surface area contributed by atoms with Crippen LogP contribution in [0.5, 0.6) is 0 Å². The fourth-order valence-corrected chi connectivity index (χ4v) is 1.21. The molecule has 2 nitrogen and oxygen atoms in total. The smallest absolute Gasteiger partial charge is 0.161 e. The second kappa shape index (κ2) is 3.01. The minimum Gasteiger partial charge on any atom is -0.238 e. The average Bonchev–Trinajstić information content (AvgIpc) is 2.52. The zero-order valence-corrected chi connectivity index (χ0v) is 7.24. The van der Waals surface area contributed by atoms with Crippen LogP contribution in [0.3, 0.4) is 0 Å². The summed E-state index contributed by atoms with van der Waals surface area (Å²) < 4.78 is 14.1. The van der Waals surface area contributed by atoms with E-state index in [1.54, 1.807) is 0 Å². The lowest BCUT2D eigenvalue weighted by molar-refractivity contribution is 0.627. The zero-order chi connectivity index (χ0) is 9.26. The Morgan fingerprint density at radius 2 is 2.23 bits per heavy atom. The van der Waals surface area contributed by atoms with Gasteiger partial charge in [-0.15, -0.1) is 0 Å². The van der Waals surface area contributed by atoms with E-state index in [9.17, 15) is 4.39 Å². The van der Waals surface area contributed by atoms with Crippen molar-refractivity contribution in [2.45, 2.75) is 6.92 Å². The molecule has 0 atom stereocenters. The lowest BCUT2D eigenvalue weighted by atomic mass is 10.2. The van der Waals surface area contributed by atoms with E-state index in [4.69, 9.17) is 0 Å². The van der Waals surface area contributed by atoms with Gasteiger partial charge in [-0.3, -0.25) is 0 Å². The molecule has 0 aliphatic carbocycles. The van der Waals surface area contributed by atoms with Crippen molar-refractivity contribution in [3.8, 4) is 5.69 Å². The van der Waals surface area contributed by atoms with Crippen molar-refractivity contribution in [3.63, 3.8) is 0 Å². The monoisotopic (exact) mass is 176 g/mol. The van der Waals surface area contributed by atoms with E-state index < -0.39 is 0 Å². The minimum atomic E-state index is -0.318. The normalized spacial score (nSPS) is 10.3. The summed E-state index contributed by atoms with van der Waals surface area (Å²) in [6.07, 6.45) is 2.55. The summed E-state index contributed by atoms with van der Waals surface area (Å²) in [5, 5.41) is 3.87. The molecule has 66 valence electrons. The molecule has 0 bridgehead atoms. The van der Waals surface area contributed by atoms with E-state index in [0.717, 1.165) is 11.3 Å². The Labute approximate surface area is 75.6 Å². The van der Waals surface area contributed by atoms with Gasteiger partial charge in [-0.05, 0) is 24.6 Å². The number of aryl methyl sites for hydroxylation is 1. The Hall–Kier alpha value is -1.64. The van der Waals surface area contributed by atoms with Crippen LogP contribution >= 0.6 is 0 Å². The number of hydrogen-bond donors (Lipinski definition) is 0. The molecule has 1 aromatic heterocycles. The Kier molecular flexibility index (Phi) is 1.85. The van der Waals surface area contributed by atoms with E-state index in [2.05, 4.69) is 5.10 Å². The fraction of sp³-hybridized carbons (Fsp3) is 0.100. The van der Waals surface area contributed by atoms with Gasteiger partial charge < -0.3 is 0 Å². The topological polar surface area (TPSA) is 17.8 Å². The summed E-state index contributed by atoms with van der Waals surface area (Å²) in [4.78, 5) is 0. The number of halogens is 1. The number of hydrogen-bond acceptors (Lipinski definition) is 1. The average molecular weight is 176 g/mol. The molecule has 3 heteroatoms. The van der Waals surface area contributed by atoms with Crippen LogP contribution in [0, 0.1) is 12.7 Å². The molecule has 0 N–H and O–H groups in total. The van der Waals surface area contributed by atoms with Crippen molar-refractivity contribution < 1.29 is 4.39 Å². The Balaban J connectivity index is 2.46. The van der Waals surface area contributed by atoms with Gasteiger partial charge in [-0.25, -0.2) is 9.07 Å². The fourth-order valence-electron chi connectivity index (χ4n) is 1.21. The maximum absolute atomic E-state index is 12.6. The van der Waals surface area contributed by atoms with Gasteiger partial charge in [0.2, 0.25) is 0 Å². The number of aromatic nitrogens is 2. The van der Waals surface area contributed by atoms with E-state index in [-0.39, 0.29) is 5.82 Å². The molecule has 0 unspecified atom stereocenters. The summed E-state index contributed by atoms with van der Waals surface area (Å²) in [6, 6.07) is 7.75. The van der Waals surface area contributed by atoms with Crippen LogP contribution < -0.4 is 0 Å². The van der Waals surface area contributed by atoms with E-state index in [0.29, 0.717) is 0 Å². The molecule has 0 amide bonds. The lowest BCUT2D eigenvalue weighted by Crippen LogP contribution is -1.93. The molecule has 0 aliphatic heterocycles. The van der Waals surface area contributed by atoms with Crippen LogP contribution in [0.1, 0.15) is 5.56 Å². The summed E-state index contributed by atoms with van der Waals surface area (Å²) in [5.74, 6) is -0.318. The number of rotatable bonds is 1. The second-order valence-electron chi connectivity index (χ2n) is 2.94. The standard InChI is InChI=1S/C10H9FN2/c1-8-3-2-4-10(5-8)13-7-9(11)6-12-13/h2-7H,1H3. The lowest BCUT2D eigenvalue weighted by Gasteiger charge is -2.00. The first-order valence-corrected chi connectivity index (χ1v) is 4.03. The Morgan fingerprint density at radius 1 is 1.38 bits per heavy atom. The van der Waals surface area contributed by atoms with Gasteiger partial charge in [0.05, 0.1) is 18.1 Å². The minimum absolute atomic E-state index is 0.318. The van der Waals surface area contributed by atoms with E-state index in [1.165, 1.54) is 17.1 Å². The zero-order valence-electron chi connectivity index (χ0n) is 7.24. The molecule has 0 fully saturated rings. The molecular formula is C10H9FN2. The third kappa shape index (κ3) is 1.59. The van der Waals surface area contributed by atoms with Gasteiger partial charge in [0.1, 0.15) is 0 Å². The highest BCUT2D eigenvalue weighted by molar-refractivity contribution is 5.34. The van der Waals surface area contributed by atoms with Crippen molar-refractivity contribution in [3.05, 3.63) is 48.0 Å². The third-order valence-electron chi connectivity index (χ3n) is 1.82. The molecule has 0 saturated carbocycles. The first-order valence-electron chi connectivity index (χ1n) is 4.03. The van der Waals surface area contributed by atoms with Crippen molar-refractivity contribution in [2.75, 3.05) is 0 Å². The van der Waals surface area contributed by atoms with Gasteiger partial charge >= 0.3 is 0 Å². The van der Waals surface area contributed by atoms with Crippen LogP contribution in [-0.4, -0.2) is 9.78 Å². The first-order chi connectivity index (χ1) is 6.25. The van der Waals surface area contributed by atoms with Crippen molar-refractivity contribution >= 4 is 0 Å². The predicted octanol–water partition coefficient (Wildman–Crippen LogP) is 2.32. The van der Waals surface area contributed by atoms with Crippen LogP contribution in [0.2, 0.25) is 0 Å². The molecule has 13 heavy (non-hydrogen) atoms. The molecule has 2 rings (SSSR count). The van der Waals surface area contributed by atoms with Crippen LogP contribution in [0.15, 0.2) is 36.7 Å². The highest BCUT2D eigenvalue weighted by Gasteiger charge is 1.98. The van der Waals surface area contributed by atoms with Crippen LogP contribution in [-0.2, 0) is 0 Å². The van der Waals surface area contributed by atoms with Gasteiger partial charge in [0, 0.05) is 0 Å². The van der Waals surface area contributed by atoms with Gasteiger partial charge in [0.25, 0.3) is 0 Å². The van der Waals surface area contributed by atoms with Crippen LogP contribution in [0.4, 0.5) is 4.39 Å². The molecule has 0 aliphatic rings. The first kappa shape index (κ1) is 7.98. The second-order valence-corrected chi connectivity index (χ2v) is 2.94. The van der Waals surface area contributed by atoms with Crippen molar-refractivity contribution in [1.29, 1.82) is 0 Å². The molecule has 0 radical (unpaired) electrons. The van der Waals surface area contributed by atoms with Crippen molar-refractivity contribution in [1.82, 2.24) is 9.78 Å².